The smallest absolute Gasteiger partial charge is 0.261 e. The van der Waals surface area contributed by atoms with Crippen molar-refractivity contribution in [3.63, 3.8) is 0 Å². The van der Waals surface area contributed by atoms with Crippen LogP contribution >= 0.6 is 0 Å². The molecule has 0 bridgehead atoms. The van der Waals surface area contributed by atoms with E-state index in [1.807, 2.05) is 6.92 Å². The summed E-state index contributed by atoms with van der Waals surface area (Å²) >= 11 is 0. The summed E-state index contributed by atoms with van der Waals surface area (Å²) in [6.45, 7) is 1.90. The van der Waals surface area contributed by atoms with Crippen molar-refractivity contribution in [2.24, 2.45) is 0 Å². The largest absolute Gasteiger partial charge is 0.322 e. The fourth-order valence-electron chi connectivity index (χ4n) is 2.41. The van der Waals surface area contributed by atoms with Crippen molar-refractivity contribution in [3.05, 3.63) is 89.7 Å². The van der Waals surface area contributed by atoms with Crippen LogP contribution in [0.15, 0.2) is 77.7 Å². The van der Waals surface area contributed by atoms with Crippen LogP contribution in [0.1, 0.15) is 15.9 Å². The van der Waals surface area contributed by atoms with Gasteiger partial charge in [0, 0.05) is 16.9 Å². The molecule has 138 valence electrons. The van der Waals surface area contributed by atoms with Crippen LogP contribution in [0, 0.1) is 12.7 Å². The van der Waals surface area contributed by atoms with E-state index in [4.69, 9.17) is 0 Å². The Morgan fingerprint density at radius 3 is 2.30 bits per heavy atom. The van der Waals surface area contributed by atoms with Crippen molar-refractivity contribution in [2.45, 2.75) is 11.8 Å². The van der Waals surface area contributed by atoms with Crippen LogP contribution in [-0.2, 0) is 10.0 Å². The van der Waals surface area contributed by atoms with Gasteiger partial charge < -0.3 is 5.32 Å². The number of amides is 1. The Morgan fingerprint density at radius 1 is 0.889 bits per heavy atom. The average molecular weight is 384 g/mol. The van der Waals surface area contributed by atoms with E-state index in [0.717, 1.165) is 5.56 Å². The van der Waals surface area contributed by atoms with E-state index in [1.165, 1.54) is 42.5 Å². The number of hydrogen-bond acceptors (Lipinski definition) is 3. The number of halogens is 1. The Hall–Kier alpha value is -3.19. The summed E-state index contributed by atoms with van der Waals surface area (Å²) < 4.78 is 40.9. The molecule has 3 aromatic carbocycles. The number of sulfonamides is 1. The highest BCUT2D eigenvalue weighted by Crippen LogP contribution is 2.19. The first-order valence-corrected chi connectivity index (χ1v) is 9.58. The summed E-state index contributed by atoms with van der Waals surface area (Å²) in [6.07, 6.45) is 0. The van der Waals surface area contributed by atoms with Crippen molar-refractivity contribution in [1.29, 1.82) is 0 Å². The highest BCUT2D eigenvalue weighted by Gasteiger charge is 2.16. The van der Waals surface area contributed by atoms with Gasteiger partial charge in [0.15, 0.2) is 0 Å². The fourth-order valence-corrected chi connectivity index (χ4v) is 3.51. The summed E-state index contributed by atoms with van der Waals surface area (Å²) in [5, 5.41) is 2.54. The second-order valence-electron chi connectivity index (χ2n) is 5.96. The Kier molecular flexibility index (Phi) is 5.23. The van der Waals surface area contributed by atoms with E-state index in [1.54, 1.807) is 30.3 Å². The van der Waals surface area contributed by atoms with Gasteiger partial charge in [0.05, 0.1) is 4.90 Å². The van der Waals surface area contributed by atoms with Crippen LogP contribution in [-0.4, -0.2) is 14.3 Å². The molecule has 0 radical (unpaired) electrons. The van der Waals surface area contributed by atoms with Crippen molar-refractivity contribution in [1.82, 2.24) is 0 Å². The number of rotatable bonds is 5. The zero-order valence-electron chi connectivity index (χ0n) is 14.4. The monoisotopic (exact) mass is 384 g/mol. The van der Waals surface area contributed by atoms with Crippen LogP contribution in [0.25, 0.3) is 0 Å². The normalized spacial score (nSPS) is 11.0. The molecule has 0 saturated carbocycles. The first-order valence-electron chi connectivity index (χ1n) is 8.10. The van der Waals surface area contributed by atoms with Gasteiger partial charge in [0.25, 0.3) is 15.9 Å². The molecule has 5 nitrogen and oxygen atoms in total. The molecular weight excluding hydrogens is 367 g/mol. The fraction of sp³-hybridized carbons (Fsp3) is 0.0500. The van der Waals surface area contributed by atoms with E-state index in [0.29, 0.717) is 5.69 Å². The number of carbonyl (C=O) groups is 1. The lowest BCUT2D eigenvalue weighted by molar-refractivity contribution is 0.102. The maximum atomic E-state index is 13.2. The quantitative estimate of drug-likeness (QED) is 0.693. The summed E-state index contributed by atoms with van der Waals surface area (Å²) in [6, 6.07) is 18.0. The predicted octanol–water partition coefficient (Wildman–Crippen LogP) is 4.19. The maximum absolute atomic E-state index is 13.2. The summed E-state index contributed by atoms with van der Waals surface area (Å²) in [7, 11) is -3.85. The lowest BCUT2D eigenvalue weighted by Gasteiger charge is -2.10. The highest BCUT2D eigenvalue weighted by atomic mass is 32.2. The summed E-state index contributed by atoms with van der Waals surface area (Å²) in [4.78, 5) is 12.3. The van der Waals surface area contributed by atoms with Crippen LogP contribution in [0.5, 0.6) is 0 Å². The average Bonchev–Trinajstić information content (AvgIpc) is 2.63. The zero-order valence-corrected chi connectivity index (χ0v) is 15.3. The minimum atomic E-state index is -3.85. The predicted molar refractivity (Wildman–Crippen MR) is 103 cm³/mol. The van der Waals surface area contributed by atoms with E-state index in [-0.39, 0.29) is 16.1 Å². The molecule has 0 aliphatic carbocycles. The Bertz CT molecular complexity index is 1080. The second kappa shape index (κ2) is 7.59. The maximum Gasteiger partial charge on any atom is 0.261 e. The molecule has 0 spiro atoms. The van der Waals surface area contributed by atoms with Crippen molar-refractivity contribution >= 4 is 27.3 Å². The highest BCUT2D eigenvalue weighted by molar-refractivity contribution is 7.92. The molecule has 27 heavy (non-hydrogen) atoms. The van der Waals surface area contributed by atoms with Crippen molar-refractivity contribution < 1.29 is 17.6 Å². The topological polar surface area (TPSA) is 75.3 Å². The molecule has 7 heteroatoms. The van der Waals surface area contributed by atoms with Gasteiger partial charge in [-0.05, 0) is 55.5 Å². The SMILES string of the molecule is Cc1ccc(NS(=O)(=O)c2cccc(C(=O)Nc3cccc(F)c3)c2)cc1. The molecule has 0 fully saturated rings. The van der Waals surface area contributed by atoms with E-state index >= 15 is 0 Å². The first kappa shape index (κ1) is 18.6. The van der Waals surface area contributed by atoms with Crippen LogP contribution in [0.2, 0.25) is 0 Å². The summed E-state index contributed by atoms with van der Waals surface area (Å²) in [5.74, 6) is -1.01. The molecule has 1 amide bonds. The minimum Gasteiger partial charge on any atom is -0.322 e. The third-order valence-electron chi connectivity index (χ3n) is 3.79. The van der Waals surface area contributed by atoms with Crippen LogP contribution in [0.3, 0.4) is 0 Å². The molecule has 0 aliphatic heterocycles. The van der Waals surface area contributed by atoms with Gasteiger partial charge in [-0.25, -0.2) is 12.8 Å². The molecule has 0 saturated heterocycles. The number of anilines is 2. The number of nitrogens with one attached hydrogen (secondary N) is 2. The van der Waals surface area contributed by atoms with E-state index in [2.05, 4.69) is 10.0 Å². The Morgan fingerprint density at radius 2 is 1.59 bits per heavy atom. The zero-order chi connectivity index (χ0) is 19.4. The number of aryl methyl sites for hydroxylation is 1. The van der Waals surface area contributed by atoms with Crippen LogP contribution < -0.4 is 10.0 Å². The minimum absolute atomic E-state index is 0.0463. The lowest BCUT2D eigenvalue weighted by Crippen LogP contribution is -2.16. The van der Waals surface area contributed by atoms with E-state index < -0.39 is 21.7 Å². The summed E-state index contributed by atoms with van der Waals surface area (Å²) in [5.41, 5.74) is 1.86. The number of hydrogen-bond donors (Lipinski definition) is 2. The van der Waals surface area contributed by atoms with Gasteiger partial charge in [-0.2, -0.15) is 0 Å². The standard InChI is InChI=1S/C20H17FN2O3S/c1-14-8-10-17(11-9-14)23-27(25,26)19-7-2-4-15(12-19)20(24)22-18-6-3-5-16(21)13-18/h2-13,23H,1H3,(H,22,24). The van der Waals surface area contributed by atoms with Gasteiger partial charge in [-0.15, -0.1) is 0 Å². The molecule has 0 atom stereocenters. The van der Waals surface area contributed by atoms with Gasteiger partial charge in [0.1, 0.15) is 5.82 Å². The molecular formula is C20H17FN2O3S. The van der Waals surface area contributed by atoms with Crippen molar-refractivity contribution in [3.8, 4) is 0 Å². The molecule has 0 aliphatic rings. The van der Waals surface area contributed by atoms with E-state index in [9.17, 15) is 17.6 Å². The Labute approximate surface area is 156 Å². The van der Waals surface area contributed by atoms with Gasteiger partial charge in [0.2, 0.25) is 0 Å². The number of benzene rings is 3. The molecule has 3 aromatic rings. The third kappa shape index (κ3) is 4.71. The molecule has 2 N–H and O–H groups in total. The second-order valence-corrected chi connectivity index (χ2v) is 7.65. The molecule has 0 aromatic heterocycles. The lowest BCUT2D eigenvalue weighted by atomic mass is 10.2. The van der Waals surface area contributed by atoms with Gasteiger partial charge in [-0.1, -0.05) is 29.8 Å². The number of carbonyl (C=O) groups excluding carboxylic acids is 1. The van der Waals surface area contributed by atoms with Gasteiger partial charge in [-0.3, -0.25) is 9.52 Å². The molecule has 0 unspecified atom stereocenters. The Balaban J connectivity index is 1.81. The third-order valence-corrected chi connectivity index (χ3v) is 5.17. The van der Waals surface area contributed by atoms with Crippen molar-refractivity contribution in [2.75, 3.05) is 10.0 Å². The van der Waals surface area contributed by atoms with Gasteiger partial charge >= 0.3 is 0 Å². The first-order chi connectivity index (χ1) is 12.8. The van der Waals surface area contributed by atoms with Crippen LogP contribution in [0.4, 0.5) is 15.8 Å². The molecule has 0 heterocycles. The molecule has 3 rings (SSSR count).